The van der Waals surface area contributed by atoms with Crippen LogP contribution in [0.25, 0.3) is 0 Å². The van der Waals surface area contributed by atoms with Crippen molar-refractivity contribution in [3.63, 3.8) is 0 Å². The molecular formula is C23H44O4. The van der Waals surface area contributed by atoms with Gasteiger partial charge in [0.25, 0.3) is 0 Å². The first-order chi connectivity index (χ1) is 13.1. The molecule has 0 N–H and O–H groups in total. The van der Waals surface area contributed by atoms with Gasteiger partial charge in [0.15, 0.2) is 0 Å². The summed E-state index contributed by atoms with van der Waals surface area (Å²) in [6.07, 6.45) is 17.7. The summed E-state index contributed by atoms with van der Waals surface area (Å²) in [6.45, 7) is 6.47. The van der Waals surface area contributed by atoms with Gasteiger partial charge in [-0.25, -0.2) is 0 Å². The van der Waals surface area contributed by atoms with E-state index < -0.39 is 0 Å². The third kappa shape index (κ3) is 21.1. The molecule has 0 saturated heterocycles. The molecule has 0 radical (unpaired) electrons. The van der Waals surface area contributed by atoms with Crippen molar-refractivity contribution in [3.05, 3.63) is 0 Å². The molecule has 4 nitrogen and oxygen atoms in total. The Balaban J connectivity index is 3.24. The molecule has 0 aliphatic heterocycles. The topological polar surface area (TPSA) is 52.6 Å². The van der Waals surface area contributed by atoms with Crippen molar-refractivity contribution >= 4 is 11.9 Å². The minimum Gasteiger partial charge on any atom is -0.466 e. The van der Waals surface area contributed by atoms with E-state index in [-0.39, 0.29) is 18.0 Å². The van der Waals surface area contributed by atoms with Gasteiger partial charge in [-0.1, -0.05) is 77.6 Å². The zero-order valence-corrected chi connectivity index (χ0v) is 18.2. The molecule has 0 unspecified atom stereocenters. The molecule has 0 spiro atoms. The maximum absolute atomic E-state index is 11.6. The lowest BCUT2D eigenvalue weighted by atomic mass is 10.1. The summed E-state index contributed by atoms with van der Waals surface area (Å²) in [5.41, 5.74) is 0. The number of hydrogen-bond acceptors (Lipinski definition) is 4. The maximum atomic E-state index is 11.6. The lowest BCUT2D eigenvalue weighted by molar-refractivity contribution is -0.148. The monoisotopic (exact) mass is 384 g/mol. The molecule has 4 heteroatoms. The maximum Gasteiger partial charge on any atom is 0.306 e. The summed E-state index contributed by atoms with van der Waals surface area (Å²) in [5.74, 6) is -0.329. The molecule has 0 aromatic carbocycles. The minimum absolute atomic E-state index is 0.0713. The van der Waals surface area contributed by atoms with Crippen LogP contribution in [0.2, 0.25) is 0 Å². The van der Waals surface area contributed by atoms with E-state index in [9.17, 15) is 9.59 Å². The number of ether oxygens (including phenoxy) is 2. The van der Waals surface area contributed by atoms with Gasteiger partial charge in [-0.3, -0.25) is 9.59 Å². The number of carbonyl (C=O) groups is 2. The summed E-state index contributed by atoms with van der Waals surface area (Å²) in [4.78, 5) is 23.0. The molecule has 0 aromatic heterocycles. The van der Waals surface area contributed by atoms with Crippen LogP contribution in [0.3, 0.4) is 0 Å². The molecule has 27 heavy (non-hydrogen) atoms. The zero-order chi connectivity index (χ0) is 20.2. The van der Waals surface area contributed by atoms with Gasteiger partial charge in [0.2, 0.25) is 0 Å². The van der Waals surface area contributed by atoms with Gasteiger partial charge in [0, 0.05) is 12.8 Å². The molecule has 0 bridgehead atoms. The number of esters is 2. The normalized spacial score (nSPS) is 11.0. The molecule has 0 saturated carbocycles. The van der Waals surface area contributed by atoms with Crippen molar-refractivity contribution < 1.29 is 19.1 Å². The summed E-state index contributed by atoms with van der Waals surface area (Å²) in [5, 5.41) is 0. The van der Waals surface area contributed by atoms with Crippen LogP contribution in [0.15, 0.2) is 0 Å². The Morgan fingerprint density at radius 1 is 0.630 bits per heavy atom. The highest BCUT2D eigenvalue weighted by molar-refractivity contribution is 5.70. The second-order valence-electron chi connectivity index (χ2n) is 7.86. The van der Waals surface area contributed by atoms with Crippen molar-refractivity contribution in [1.82, 2.24) is 0 Å². The van der Waals surface area contributed by atoms with E-state index >= 15 is 0 Å². The van der Waals surface area contributed by atoms with E-state index in [1.165, 1.54) is 64.2 Å². The van der Waals surface area contributed by atoms with Gasteiger partial charge in [-0.15, -0.1) is 0 Å². The van der Waals surface area contributed by atoms with Crippen LogP contribution in [0, 0.1) is 0 Å². The van der Waals surface area contributed by atoms with Gasteiger partial charge >= 0.3 is 11.9 Å². The summed E-state index contributed by atoms with van der Waals surface area (Å²) >= 11 is 0. The first-order valence-corrected chi connectivity index (χ1v) is 11.4. The lowest BCUT2D eigenvalue weighted by Crippen LogP contribution is -2.11. The fraction of sp³-hybridized carbons (Fsp3) is 0.913. The Morgan fingerprint density at radius 3 is 1.56 bits per heavy atom. The van der Waals surface area contributed by atoms with Gasteiger partial charge in [0.05, 0.1) is 12.7 Å². The first kappa shape index (κ1) is 25.9. The number of rotatable bonds is 19. The summed E-state index contributed by atoms with van der Waals surface area (Å²) in [6, 6.07) is 0. The summed E-state index contributed by atoms with van der Waals surface area (Å²) < 4.78 is 10.3. The molecule has 0 rings (SSSR count). The second-order valence-corrected chi connectivity index (χ2v) is 7.86. The molecule has 160 valence electrons. The zero-order valence-electron chi connectivity index (χ0n) is 18.2. The Kier molecular flexibility index (Phi) is 18.9. The highest BCUT2D eigenvalue weighted by Crippen LogP contribution is 2.12. The van der Waals surface area contributed by atoms with Crippen molar-refractivity contribution in [2.45, 2.75) is 130 Å². The first-order valence-electron chi connectivity index (χ1n) is 11.4. The van der Waals surface area contributed by atoms with E-state index in [0.717, 1.165) is 12.8 Å². The fourth-order valence-corrected chi connectivity index (χ4v) is 3.06. The molecule has 0 atom stereocenters. The largest absolute Gasteiger partial charge is 0.466 e. The summed E-state index contributed by atoms with van der Waals surface area (Å²) in [7, 11) is 0. The molecule has 0 heterocycles. The van der Waals surface area contributed by atoms with Crippen molar-refractivity contribution in [1.29, 1.82) is 0 Å². The van der Waals surface area contributed by atoms with E-state index in [4.69, 9.17) is 9.47 Å². The average molecular weight is 385 g/mol. The van der Waals surface area contributed by atoms with Crippen LogP contribution in [0.4, 0.5) is 0 Å². The highest BCUT2D eigenvalue weighted by atomic mass is 16.5. The van der Waals surface area contributed by atoms with Crippen LogP contribution in [0.5, 0.6) is 0 Å². The predicted molar refractivity (Wildman–Crippen MR) is 112 cm³/mol. The van der Waals surface area contributed by atoms with E-state index in [2.05, 4.69) is 6.92 Å². The van der Waals surface area contributed by atoms with Crippen LogP contribution >= 0.6 is 0 Å². The van der Waals surface area contributed by atoms with Crippen molar-refractivity contribution in [2.75, 3.05) is 6.61 Å². The van der Waals surface area contributed by atoms with E-state index in [1.54, 1.807) is 0 Å². The smallest absolute Gasteiger partial charge is 0.306 e. The lowest BCUT2D eigenvalue weighted by Gasteiger charge is -2.07. The van der Waals surface area contributed by atoms with Gasteiger partial charge < -0.3 is 9.47 Å². The minimum atomic E-state index is -0.185. The third-order valence-electron chi connectivity index (χ3n) is 4.64. The van der Waals surface area contributed by atoms with Gasteiger partial charge in [-0.2, -0.15) is 0 Å². The quantitative estimate of drug-likeness (QED) is 0.183. The molecule has 0 fully saturated rings. The van der Waals surface area contributed by atoms with E-state index in [1.807, 2.05) is 13.8 Å². The van der Waals surface area contributed by atoms with Gasteiger partial charge in [0.1, 0.15) is 0 Å². The molecular weight excluding hydrogens is 340 g/mol. The SMILES string of the molecule is CCCCCCCCCCCCCCOC(=O)CCCCC(=O)OC(C)C. The van der Waals surface area contributed by atoms with Crippen molar-refractivity contribution in [2.24, 2.45) is 0 Å². The molecule has 0 aliphatic rings. The Hall–Kier alpha value is -1.06. The Morgan fingerprint density at radius 2 is 1.07 bits per heavy atom. The standard InChI is InChI=1S/C23H44O4/c1-4-5-6-7-8-9-10-11-12-13-14-17-20-26-22(24)18-15-16-19-23(25)27-21(2)3/h21H,4-20H2,1-3H3. The Bertz CT molecular complexity index is 352. The molecule has 0 aliphatic carbocycles. The number of hydrogen-bond donors (Lipinski definition) is 0. The van der Waals surface area contributed by atoms with Gasteiger partial charge in [-0.05, 0) is 33.1 Å². The van der Waals surface area contributed by atoms with Crippen LogP contribution < -0.4 is 0 Å². The second kappa shape index (κ2) is 19.7. The predicted octanol–water partition coefficient (Wildman–Crippen LogP) is 6.74. The number of unbranched alkanes of at least 4 members (excludes halogenated alkanes) is 12. The van der Waals surface area contributed by atoms with Crippen LogP contribution in [0.1, 0.15) is 124 Å². The Labute approximate surface area is 167 Å². The third-order valence-corrected chi connectivity index (χ3v) is 4.64. The van der Waals surface area contributed by atoms with Crippen LogP contribution in [-0.2, 0) is 19.1 Å². The van der Waals surface area contributed by atoms with Crippen molar-refractivity contribution in [3.8, 4) is 0 Å². The van der Waals surface area contributed by atoms with E-state index in [0.29, 0.717) is 32.3 Å². The fourth-order valence-electron chi connectivity index (χ4n) is 3.06. The molecule has 0 aromatic rings. The number of carbonyl (C=O) groups excluding carboxylic acids is 2. The highest BCUT2D eigenvalue weighted by Gasteiger charge is 2.07. The average Bonchev–Trinajstić information content (AvgIpc) is 2.62. The molecule has 0 amide bonds. The van der Waals surface area contributed by atoms with Crippen LogP contribution in [-0.4, -0.2) is 24.6 Å².